The zero-order valence-corrected chi connectivity index (χ0v) is 69.8. The van der Waals surface area contributed by atoms with Crippen LogP contribution in [0.2, 0.25) is 0 Å². The molecule has 5 atom stereocenters. The van der Waals surface area contributed by atoms with Gasteiger partial charge in [0.05, 0.1) is 26.4 Å². The Kier molecular flexibility index (Phi) is 72.9. The number of phosphoric acid groups is 2. The largest absolute Gasteiger partial charge is 0.472 e. The van der Waals surface area contributed by atoms with E-state index >= 15 is 0 Å². The normalized spacial score (nSPS) is 14.0. The lowest BCUT2D eigenvalue weighted by Crippen LogP contribution is -2.30. The molecule has 0 aromatic rings. The van der Waals surface area contributed by atoms with Crippen molar-refractivity contribution in [3.05, 3.63) is 24.3 Å². The van der Waals surface area contributed by atoms with Crippen LogP contribution in [0.25, 0.3) is 0 Å². The second kappa shape index (κ2) is 74.6. The second-order valence-electron chi connectivity index (χ2n) is 31.3. The first kappa shape index (κ1) is 102. The Bertz CT molecular complexity index is 2100. The van der Waals surface area contributed by atoms with Crippen molar-refractivity contribution in [2.45, 2.75) is 439 Å². The molecule has 0 fully saturated rings. The number of phosphoric ester groups is 2. The van der Waals surface area contributed by atoms with Crippen LogP contribution in [0, 0.1) is 17.8 Å². The van der Waals surface area contributed by atoms with E-state index in [1.807, 2.05) is 0 Å². The maximum Gasteiger partial charge on any atom is 0.472 e. The summed E-state index contributed by atoms with van der Waals surface area (Å²) in [5, 5.41) is 10.7. The number of carbonyl (C=O) groups excluding carboxylic acids is 4. The summed E-state index contributed by atoms with van der Waals surface area (Å²) in [6.45, 7) is 11.9. The molecule has 19 heteroatoms. The Hall–Kier alpha value is -2.46. The summed E-state index contributed by atoms with van der Waals surface area (Å²) < 4.78 is 68.7. The smallest absolute Gasteiger partial charge is 0.462 e. The van der Waals surface area contributed by atoms with E-state index in [-0.39, 0.29) is 25.7 Å². The Labute approximate surface area is 637 Å². The van der Waals surface area contributed by atoms with Gasteiger partial charge in [-0.25, -0.2) is 9.13 Å². The fourth-order valence-corrected chi connectivity index (χ4v) is 14.2. The summed E-state index contributed by atoms with van der Waals surface area (Å²) in [6, 6.07) is 0. The van der Waals surface area contributed by atoms with Crippen molar-refractivity contribution >= 4 is 39.5 Å². The van der Waals surface area contributed by atoms with Crippen LogP contribution in [0.15, 0.2) is 24.3 Å². The van der Waals surface area contributed by atoms with Gasteiger partial charge in [-0.1, -0.05) is 368 Å². The van der Waals surface area contributed by atoms with Gasteiger partial charge in [-0.05, 0) is 69.1 Å². The van der Waals surface area contributed by atoms with E-state index in [9.17, 15) is 43.2 Å². The number of hydrogen-bond donors (Lipinski definition) is 3. The van der Waals surface area contributed by atoms with E-state index in [4.69, 9.17) is 37.0 Å². The number of unbranched alkanes of at least 4 members (excludes halogenated alkanes) is 46. The third-order valence-corrected chi connectivity index (χ3v) is 21.2. The van der Waals surface area contributed by atoms with Crippen molar-refractivity contribution in [1.29, 1.82) is 0 Å². The molecule has 0 heterocycles. The van der Waals surface area contributed by atoms with Crippen LogP contribution in [0.4, 0.5) is 0 Å². The van der Waals surface area contributed by atoms with Gasteiger partial charge in [-0.3, -0.25) is 37.3 Å². The van der Waals surface area contributed by atoms with E-state index in [1.54, 1.807) is 0 Å². The topological polar surface area (TPSA) is 237 Å². The summed E-state index contributed by atoms with van der Waals surface area (Å²) in [6.07, 6.45) is 67.7. The van der Waals surface area contributed by atoms with Crippen molar-refractivity contribution in [2.24, 2.45) is 17.8 Å². The highest BCUT2D eigenvalue weighted by molar-refractivity contribution is 7.47. The summed E-state index contributed by atoms with van der Waals surface area (Å²) in [5.41, 5.74) is 0. The molecule has 0 radical (unpaired) electrons. The minimum atomic E-state index is -4.97. The van der Waals surface area contributed by atoms with Gasteiger partial charge in [0.2, 0.25) is 0 Å². The Morgan fingerprint density at radius 2 is 0.519 bits per heavy atom. The average molecular weight is 1520 g/mol. The third-order valence-electron chi connectivity index (χ3n) is 19.3. The van der Waals surface area contributed by atoms with Crippen molar-refractivity contribution in [1.82, 2.24) is 0 Å². The highest BCUT2D eigenvalue weighted by Gasteiger charge is 2.30. The third kappa shape index (κ3) is 77.7. The maximum atomic E-state index is 13.1. The Morgan fingerprint density at radius 3 is 0.779 bits per heavy atom. The van der Waals surface area contributed by atoms with Crippen LogP contribution < -0.4 is 0 Å². The van der Waals surface area contributed by atoms with E-state index in [0.717, 1.165) is 121 Å². The molecule has 17 nitrogen and oxygen atoms in total. The molecule has 104 heavy (non-hydrogen) atoms. The number of aliphatic hydroxyl groups excluding tert-OH is 1. The molecular formula is C85H162O17P2. The molecule has 0 aliphatic rings. The minimum Gasteiger partial charge on any atom is -0.462 e. The molecule has 614 valence electrons. The van der Waals surface area contributed by atoms with Crippen LogP contribution in [-0.2, 0) is 65.4 Å². The first-order chi connectivity index (χ1) is 50.2. The molecule has 0 spiro atoms. The number of allylic oxidation sites excluding steroid dienone is 4. The summed E-state index contributed by atoms with van der Waals surface area (Å²) in [4.78, 5) is 73.1. The number of hydrogen-bond acceptors (Lipinski definition) is 15. The zero-order valence-electron chi connectivity index (χ0n) is 68.0. The van der Waals surface area contributed by atoms with Crippen LogP contribution in [-0.4, -0.2) is 96.7 Å². The molecule has 3 N–H and O–H groups in total. The second-order valence-corrected chi connectivity index (χ2v) is 34.2. The summed E-state index contributed by atoms with van der Waals surface area (Å²) in [5.74, 6) is 0.168. The molecule has 3 unspecified atom stereocenters. The monoisotopic (exact) mass is 1520 g/mol. The fraction of sp³-hybridized carbons (Fsp3) is 0.906. The standard InChI is InChI=1S/C85H162O17P2/c1-8-9-10-11-12-13-14-15-22-30-35-40-45-54-61-68-84(89)101-80(72-95-82(87)66-59-52-44-39-34-29-25-21-20-24-28-33-38-43-50-57-64-77(4)5)74-99-103(91,92)97-70-79(86)71-98-104(93,94)100-75-81(73-96-83(88)67-60-53-48-47-51-58-65-78(6)7)102-85(90)69-62-55-46-41-36-31-26-19-17-16-18-23-27-32-37-42-49-56-63-76(2)3/h13-15,22,76-81,86H,8-12,16-21,23-75H2,1-7H3,(H,91,92)(H,93,94)/b14-13-,22-15-/t79?,80-,81-/m1/s1. The summed E-state index contributed by atoms with van der Waals surface area (Å²) >= 11 is 0. The average Bonchev–Trinajstić information content (AvgIpc) is 0.903. The molecule has 0 rings (SSSR count). The highest BCUT2D eigenvalue weighted by Crippen LogP contribution is 2.45. The van der Waals surface area contributed by atoms with Crippen LogP contribution in [0.3, 0.4) is 0 Å². The van der Waals surface area contributed by atoms with Gasteiger partial charge in [-0.15, -0.1) is 0 Å². The lowest BCUT2D eigenvalue weighted by atomic mass is 10.0. The number of esters is 4. The maximum absolute atomic E-state index is 13.1. The number of rotatable bonds is 81. The van der Waals surface area contributed by atoms with Crippen LogP contribution in [0.5, 0.6) is 0 Å². The SMILES string of the molecule is CCCCCC/C=C\C=C/CCCCCCCC(=O)O[C@H](COC(=O)CCCCCCCCCCCCCCCCCCC(C)C)COP(=O)(O)OCC(O)COP(=O)(O)OC[C@@H](COC(=O)CCCCCCCCC(C)C)OC(=O)CCCCCCCCCCCCCCCCCCCCC(C)C. The Balaban J connectivity index is 5.21. The van der Waals surface area contributed by atoms with E-state index < -0.39 is 97.5 Å². The predicted molar refractivity (Wildman–Crippen MR) is 427 cm³/mol. The first-order valence-corrected chi connectivity index (χ1v) is 46.2. The Morgan fingerprint density at radius 1 is 0.298 bits per heavy atom. The van der Waals surface area contributed by atoms with Crippen LogP contribution in [0.1, 0.15) is 421 Å². The fourth-order valence-electron chi connectivity index (χ4n) is 12.7. The van der Waals surface area contributed by atoms with Gasteiger partial charge in [0.15, 0.2) is 12.2 Å². The zero-order chi connectivity index (χ0) is 76.5. The van der Waals surface area contributed by atoms with Gasteiger partial charge in [0.1, 0.15) is 19.3 Å². The van der Waals surface area contributed by atoms with Crippen molar-refractivity contribution in [2.75, 3.05) is 39.6 Å². The van der Waals surface area contributed by atoms with Crippen molar-refractivity contribution in [3.63, 3.8) is 0 Å². The van der Waals surface area contributed by atoms with Gasteiger partial charge in [0, 0.05) is 25.7 Å². The van der Waals surface area contributed by atoms with E-state index in [0.29, 0.717) is 31.6 Å². The number of ether oxygens (including phenoxy) is 4. The molecule has 0 amide bonds. The minimum absolute atomic E-state index is 0.0852. The van der Waals surface area contributed by atoms with Gasteiger partial charge < -0.3 is 33.8 Å². The lowest BCUT2D eigenvalue weighted by Gasteiger charge is -2.21. The summed E-state index contributed by atoms with van der Waals surface area (Å²) in [7, 11) is -9.94. The molecule has 0 bridgehead atoms. The molecule has 0 saturated carbocycles. The molecule has 0 aromatic heterocycles. The lowest BCUT2D eigenvalue weighted by molar-refractivity contribution is -0.161. The van der Waals surface area contributed by atoms with E-state index in [1.165, 1.54) is 212 Å². The van der Waals surface area contributed by atoms with E-state index in [2.05, 4.69) is 72.8 Å². The molecule has 0 aliphatic carbocycles. The predicted octanol–water partition coefficient (Wildman–Crippen LogP) is 25.3. The van der Waals surface area contributed by atoms with Gasteiger partial charge in [0.25, 0.3) is 0 Å². The molecule has 0 aromatic carbocycles. The first-order valence-electron chi connectivity index (χ1n) is 43.2. The van der Waals surface area contributed by atoms with Gasteiger partial charge >= 0.3 is 39.5 Å². The number of carbonyl (C=O) groups is 4. The molecular weight excluding hydrogens is 1350 g/mol. The molecule has 0 aliphatic heterocycles. The number of aliphatic hydroxyl groups is 1. The highest BCUT2D eigenvalue weighted by atomic mass is 31.2. The van der Waals surface area contributed by atoms with Crippen molar-refractivity contribution < 1.29 is 80.2 Å². The van der Waals surface area contributed by atoms with Crippen LogP contribution >= 0.6 is 15.6 Å². The van der Waals surface area contributed by atoms with Crippen molar-refractivity contribution in [3.8, 4) is 0 Å². The quantitative estimate of drug-likeness (QED) is 0.0169. The van der Waals surface area contributed by atoms with Gasteiger partial charge in [-0.2, -0.15) is 0 Å². The molecule has 0 saturated heterocycles.